The highest BCUT2D eigenvalue weighted by Crippen LogP contribution is 2.29. The molecule has 0 atom stereocenters. The lowest BCUT2D eigenvalue weighted by atomic mass is 10.1. The fourth-order valence-electron chi connectivity index (χ4n) is 1.15. The van der Waals surface area contributed by atoms with Crippen LogP contribution in [0.4, 0.5) is 13.2 Å². The molecule has 3 nitrogen and oxygen atoms in total. The van der Waals surface area contributed by atoms with Crippen molar-refractivity contribution in [3.8, 4) is 0 Å². The van der Waals surface area contributed by atoms with Crippen LogP contribution in [0.5, 0.6) is 0 Å². The second-order valence-corrected chi connectivity index (χ2v) is 3.81. The van der Waals surface area contributed by atoms with Gasteiger partial charge in [-0.05, 0) is 36.2 Å². The summed E-state index contributed by atoms with van der Waals surface area (Å²) in [6, 6.07) is 4.63. The normalized spacial score (nSPS) is 12.4. The van der Waals surface area contributed by atoms with E-state index in [1.165, 1.54) is 19.1 Å². The van der Waals surface area contributed by atoms with Crippen molar-refractivity contribution in [2.45, 2.75) is 13.1 Å². The van der Waals surface area contributed by atoms with Gasteiger partial charge >= 0.3 is 6.18 Å². The number of halogens is 4. The summed E-state index contributed by atoms with van der Waals surface area (Å²) in [4.78, 5) is 14.9. The number of carbonyl (C=O) groups excluding carboxylic acids is 1. The molecule has 7 heteroatoms. The van der Waals surface area contributed by atoms with Crippen molar-refractivity contribution in [3.63, 3.8) is 0 Å². The molecule has 0 bridgehead atoms. The summed E-state index contributed by atoms with van der Waals surface area (Å²) in [5.41, 5.74) is -0.297. The molecule has 1 aromatic carbocycles. The lowest BCUT2D eigenvalue weighted by Crippen LogP contribution is -2.07. The zero-order valence-corrected chi connectivity index (χ0v) is 10.0. The molecule has 0 aliphatic carbocycles. The number of alkyl halides is 3. The lowest BCUT2D eigenvalue weighted by molar-refractivity contribution is -0.137. The van der Waals surface area contributed by atoms with E-state index in [1.54, 1.807) is 0 Å². The molecular weight excluding hydrogens is 271 g/mol. The van der Waals surface area contributed by atoms with Crippen molar-refractivity contribution < 1.29 is 22.8 Å². The van der Waals surface area contributed by atoms with Crippen molar-refractivity contribution in [2.24, 2.45) is 5.16 Å². The molecule has 0 aliphatic heterocycles. The molecule has 0 aliphatic rings. The van der Waals surface area contributed by atoms with Crippen molar-refractivity contribution in [2.75, 3.05) is 6.61 Å². The number of oxime groups is 1. The molecule has 0 N–H and O–H groups in total. The first kappa shape index (κ1) is 14.5. The van der Waals surface area contributed by atoms with Gasteiger partial charge in [0.2, 0.25) is 0 Å². The summed E-state index contributed by atoms with van der Waals surface area (Å²) in [6.07, 6.45) is -4.41. The summed E-state index contributed by atoms with van der Waals surface area (Å²) in [5, 5.41) is 2.76. The van der Waals surface area contributed by atoms with Crippen LogP contribution in [0.15, 0.2) is 29.4 Å². The van der Waals surface area contributed by atoms with Crippen molar-refractivity contribution in [1.82, 2.24) is 0 Å². The zero-order valence-electron chi connectivity index (χ0n) is 9.29. The van der Waals surface area contributed by atoms with E-state index in [9.17, 15) is 18.0 Å². The monoisotopic (exact) mass is 279 g/mol. The third-order valence-electron chi connectivity index (χ3n) is 1.99. The molecule has 0 radical (unpaired) electrons. The minimum Gasteiger partial charge on any atom is -0.386 e. The Balaban J connectivity index is 2.86. The average Bonchev–Trinajstić information content (AvgIpc) is 2.27. The Kier molecular flexibility index (Phi) is 4.72. The van der Waals surface area contributed by atoms with Crippen LogP contribution in [-0.4, -0.2) is 17.6 Å². The SMILES string of the molecule is CC(=NOCC(=O)Cl)c1cccc(C(F)(F)F)c1. The van der Waals surface area contributed by atoms with Crippen LogP contribution in [0.1, 0.15) is 18.1 Å². The minimum absolute atomic E-state index is 0.221. The van der Waals surface area contributed by atoms with Crippen LogP contribution >= 0.6 is 11.6 Å². The molecule has 0 heterocycles. The average molecular weight is 280 g/mol. The standard InChI is InChI=1S/C11H9ClF3NO2/c1-7(16-18-6-10(12)17)8-3-2-4-9(5-8)11(13,14)15/h2-5H,6H2,1H3. The lowest BCUT2D eigenvalue weighted by Gasteiger charge is -2.08. The summed E-state index contributed by atoms with van der Waals surface area (Å²) in [6.45, 7) is 1.03. The maximum Gasteiger partial charge on any atom is 0.416 e. The first-order chi connectivity index (χ1) is 8.30. The van der Waals surface area contributed by atoms with E-state index in [4.69, 9.17) is 11.6 Å². The highest BCUT2D eigenvalue weighted by Gasteiger charge is 2.30. The first-order valence-electron chi connectivity index (χ1n) is 4.83. The second-order valence-electron chi connectivity index (χ2n) is 3.38. The van der Waals surface area contributed by atoms with Crippen LogP contribution in [0, 0.1) is 0 Å². The van der Waals surface area contributed by atoms with Gasteiger partial charge in [-0.1, -0.05) is 17.3 Å². The number of rotatable bonds is 4. The highest BCUT2D eigenvalue weighted by molar-refractivity contribution is 6.63. The Labute approximate surface area is 106 Å². The molecule has 0 saturated heterocycles. The van der Waals surface area contributed by atoms with Crippen molar-refractivity contribution >= 4 is 22.6 Å². The van der Waals surface area contributed by atoms with Crippen LogP contribution in [0.25, 0.3) is 0 Å². The zero-order chi connectivity index (χ0) is 13.8. The largest absolute Gasteiger partial charge is 0.416 e. The fourth-order valence-corrected chi connectivity index (χ4v) is 1.20. The van der Waals surface area contributed by atoms with E-state index >= 15 is 0 Å². The van der Waals surface area contributed by atoms with E-state index in [0.717, 1.165) is 12.1 Å². The van der Waals surface area contributed by atoms with Gasteiger partial charge in [0, 0.05) is 0 Å². The quantitative estimate of drug-likeness (QED) is 0.482. The van der Waals surface area contributed by atoms with Crippen LogP contribution in [0.3, 0.4) is 0 Å². The summed E-state index contributed by atoms with van der Waals surface area (Å²) in [5.74, 6) is 0. The molecule has 0 spiro atoms. The Morgan fingerprint density at radius 3 is 2.67 bits per heavy atom. The topological polar surface area (TPSA) is 38.7 Å². The highest BCUT2D eigenvalue weighted by atomic mass is 35.5. The van der Waals surface area contributed by atoms with Gasteiger partial charge in [0.25, 0.3) is 5.24 Å². The third kappa shape index (κ3) is 4.37. The van der Waals surface area contributed by atoms with Crippen molar-refractivity contribution in [3.05, 3.63) is 35.4 Å². The molecule has 1 aromatic rings. The Hall–Kier alpha value is -1.56. The number of benzene rings is 1. The van der Waals surface area contributed by atoms with E-state index in [2.05, 4.69) is 9.99 Å². The van der Waals surface area contributed by atoms with Crippen LogP contribution < -0.4 is 0 Å². The van der Waals surface area contributed by atoms with Gasteiger partial charge < -0.3 is 4.84 Å². The predicted molar refractivity (Wildman–Crippen MR) is 60.5 cm³/mol. The fraction of sp³-hybridized carbons (Fsp3) is 0.273. The molecule has 0 saturated carbocycles. The molecule has 0 amide bonds. The van der Waals surface area contributed by atoms with Gasteiger partial charge in [0.1, 0.15) is 0 Å². The molecule has 0 fully saturated rings. The van der Waals surface area contributed by atoms with E-state index < -0.39 is 23.6 Å². The van der Waals surface area contributed by atoms with Crippen LogP contribution in [-0.2, 0) is 15.8 Å². The second kappa shape index (κ2) is 5.86. The summed E-state index contributed by atoms with van der Waals surface area (Å²) >= 11 is 5.01. The Bertz CT molecular complexity index is 472. The van der Waals surface area contributed by atoms with Crippen LogP contribution in [0.2, 0.25) is 0 Å². The number of hydrogen-bond donors (Lipinski definition) is 0. The maximum absolute atomic E-state index is 12.5. The first-order valence-corrected chi connectivity index (χ1v) is 5.21. The third-order valence-corrected chi connectivity index (χ3v) is 2.10. The van der Waals surface area contributed by atoms with Gasteiger partial charge in [0.15, 0.2) is 6.61 Å². The predicted octanol–water partition coefficient (Wildman–Crippen LogP) is 3.21. The van der Waals surface area contributed by atoms with Gasteiger partial charge in [-0.15, -0.1) is 0 Å². The van der Waals surface area contributed by atoms with E-state index in [1.807, 2.05) is 0 Å². The molecule has 18 heavy (non-hydrogen) atoms. The Morgan fingerprint density at radius 2 is 2.11 bits per heavy atom. The van der Waals surface area contributed by atoms with Gasteiger partial charge in [-0.25, -0.2) is 0 Å². The van der Waals surface area contributed by atoms with Gasteiger partial charge in [-0.3, -0.25) is 4.79 Å². The smallest absolute Gasteiger partial charge is 0.386 e. The van der Waals surface area contributed by atoms with Gasteiger partial charge in [0.05, 0.1) is 11.3 Å². The maximum atomic E-state index is 12.5. The molecular formula is C11H9ClF3NO2. The number of carbonyl (C=O) groups is 1. The van der Waals surface area contributed by atoms with Gasteiger partial charge in [-0.2, -0.15) is 13.2 Å². The molecule has 0 unspecified atom stereocenters. The molecule has 98 valence electrons. The van der Waals surface area contributed by atoms with Crippen molar-refractivity contribution in [1.29, 1.82) is 0 Å². The van der Waals surface area contributed by atoms with E-state index in [0.29, 0.717) is 0 Å². The number of nitrogens with zero attached hydrogens (tertiary/aromatic N) is 1. The minimum atomic E-state index is -4.41. The van der Waals surface area contributed by atoms with E-state index in [-0.39, 0.29) is 11.3 Å². The molecule has 0 aromatic heterocycles. The molecule has 1 rings (SSSR count). The summed E-state index contributed by atoms with van der Waals surface area (Å²) in [7, 11) is 0. The number of hydrogen-bond acceptors (Lipinski definition) is 3. The Morgan fingerprint density at radius 1 is 1.44 bits per heavy atom. The summed E-state index contributed by atoms with van der Waals surface area (Å²) < 4.78 is 37.4.